The highest BCUT2D eigenvalue weighted by Crippen LogP contribution is 2.29. The Morgan fingerprint density at radius 2 is 2.09 bits per heavy atom. The van der Waals surface area contributed by atoms with E-state index in [0.717, 1.165) is 17.0 Å². The van der Waals surface area contributed by atoms with Crippen LogP contribution < -0.4 is 10.0 Å². The van der Waals surface area contributed by atoms with Crippen molar-refractivity contribution in [3.8, 4) is 0 Å². The number of aromatic carboxylic acids is 1. The molecular weight excluding hydrogens is 318 g/mol. The monoisotopic (exact) mass is 329 g/mol. The molecule has 11 heteroatoms. The Bertz CT molecular complexity index is 774. The van der Waals surface area contributed by atoms with Gasteiger partial charge in [0.05, 0.1) is 10.6 Å². The van der Waals surface area contributed by atoms with E-state index < -0.39 is 43.3 Å². The van der Waals surface area contributed by atoms with E-state index in [-0.39, 0.29) is 18.7 Å². The predicted octanol–water partition coefficient (Wildman–Crippen LogP) is -0.313. The first-order valence-corrected chi connectivity index (χ1v) is 7.56. The fourth-order valence-corrected chi connectivity index (χ4v) is 2.90. The molecule has 1 unspecified atom stereocenters. The van der Waals surface area contributed by atoms with Gasteiger partial charge < -0.3 is 10.0 Å². The maximum Gasteiger partial charge on any atom is 0.342 e. The van der Waals surface area contributed by atoms with E-state index in [4.69, 9.17) is 10.2 Å². The molecule has 0 aliphatic carbocycles. The number of carbonyl (C=O) groups excluding carboxylic acids is 1. The van der Waals surface area contributed by atoms with Gasteiger partial charge in [-0.15, -0.1) is 0 Å². The summed E-state index contributed by atoms with van der Waals surface area (Å²) >= 11 is 0. The first kappa shape index (κ1) is 15.9. The summed E-state index contributed by atoms with van der Waals surface area (Å²) in [5.74, 6) is -2.04. The molecule has 0 saturated carbocycles. The molecule has 1 aromatic rings. The van der Waals surface area contributed by atoms with Crippen LogP contribution in [0.2, 0.25) is 0 Å². The molecule has 3 N–H and O–H groups in total. The molecule has 0 radical (unpaired) electrons. The summed E-state index contributed by atoms with van der Waals surface area (Å²) in [7, 11) is -3.91. The van der Waals surface area contributed by atoms with Crippen molar-refractivity contribution >= 4 is 33.3 Å². The second kappa shape index (κ2) is 5.35. The van der Waals surface area contributed by atoms with Crippen LogP contribution in [0.15, 0.2) is 18.2 Å². The van der Waals surface area contributed by atoms with Gasteiger partial charge in [-0.1, -0.05) is 0 Å². The summed E-state index contributed by atoms with van der Waals surface area (Å²) in [4.78, 5) is 33.8. The summed E-state index contributed by atoms with van der Waals surface area (Å²) < 4.78 is 22.6. The summed E-state index contributed by atoms with van der Waals surface area (Å²) in [5.41, 5.74) is -1.16. The number of hydrogen-bond acceptors (Lipinski definition) is 6. The van der Waals surface area contributed by atoms with Gasteiger partial charge in [0.1, 0.15) is 10.8 Å². The first-order valence-electron chi connectivity index (χ1n) is 5.95. The number of primary sulfonamides is 1. The number of nitro benzene ring substituents is 1. The zero-order valence-electron chi connectivity index (χ0n) is 11.0. The second-order valence-corrected chi connectivity index (χ2v) is 6.53. The van der Waals surface area contributed by atoms with E-state index in [1.807, 2.05) is 0 Å². The fraction of sp³-hybridized carbons (Fsp3) is 0.273. The van der Waals surface area contributed by atoms with Gasteiger partial charge in [0.2, 0.25) is 15.9 Å². The number of nitrogens with two attached hydrogens (primary N) is 1. The lowest BCUT2D eigenvalue weighted by Crippen LogP contribution is -2.32. The number of amides is 1. The Balaban J connectivity index is 2.42. The minimum atomic E-state index is -3.91. The maximum atomic E-state index is 11.9. The molecule has 1 amide bonds. The van der Waals surface area contributed by atoms with Crippen LogP contribution in [-0.4, -0.2) is 42.1 Å². The summed E-state index contributed by atoms with van der Waals surface area (Å²) in [5, 5.41) is 23.7. The predicted molar refractivity (Wildman–Crippen MR) is 73.9 cm³/mol. The lowest BCUT2D eigenvalue weighted by atomic mass is 10.1. The van der Waals surface area contributed by atoms with Gasteiger partial charge in [-0.2, -0.15) is 0 Å². The zero-order chi connectivity index (χ0) is 16.7. The Hall–Kier alpha value is -2.53. The molecule has 10 nitrogen and oxygen atoms in total. The number of nitrogens with zero attached hydrogens (tertiary/aromatic N) is 2. The number of hydrogen-bond donors (Lipinski definition) is 2. The van der Waals surface area contributed by atoms with Crippen LogP contribution in [0, 0.1) is 10.1 Å². The highest BCUT2D eigenvalue weighted by Gasteiger charge is 2.38. The molecule has 22 heavy (non-hydrogen) atoms. The topological polar surface area (TPSA) is 161 Å². The molecule has 1 aliphatic rings. The first-order chi connectivity index (χ1) is 10.1. The fourth-order valence-electron chi connectivity index (χ4n) is 2.16. The third kappa shape index (κ3) is 2.89. The molecule has 1 aromatic carbocycles. The van der Waals surface area contributed by atoms with E-state index in [2.05, 4.69) is 0 Å². The minimum absolute atomic E-state index is 0.0489. The molecule has 1 aliphatic heterocycles. The summed E-state index contributed by atoms with van der Waals surface area (Å²) in [6.45, 7) is -0.235. The molecule has 1 fully saturated rings. The number of nitro groups is 1. The highest BCUT2D eigenvalue weighted by molar-refractivity contribution is 7.89. The van der Waals surface area contributed by atoms with E-state index in [9.17, 15) is 28.1 Å². The van der Waals surface area contributed by atoms with Crippen LogP contribution in [0.5, 0.6) is 0 Å². The Morgan fingerprint density at radius 1 is 1.45 bits per heavy atom. The second-order valence-electron chi connectivity index (χ2n) is 4.68. The van der Waals surface area contributed by atoms with Crippen LogP contribution in [0.1, 0.15) is 16.8 Å². The molecule has 2 rings (SSSR count). The number of sulfonamides is 1. The van der Waals surface area contributed by atoms with Crippen molar-refractivity contribution in [1.29, 1.82) is 0 Å². The zero-order valence-corrected chi connectivity index (χ0v) is 11.8. The van der Waals surface area contributed by atoms with Gasteiger partial charge in [0.15, 0.2) is 0 Å². The van der Waals surface area contributed by atoms with Gasteiger partial charge in [0.25, 0.3) is 5.69 Å². The van der Waals surface area contributed by atoms with Gasteiger partial charge in [-0.05, 0) is 12.1 Å². The molecule has 1 saturated heterocycles. The molecule has 1 atom stereocenters. The molecule has 118 valence electrons. The Morgan fingerprint density at radius 3 is 2.55 bits per heavy atom. The summed E-state index contributed by atoms with van der Waals surface area (Å²) in [6.07, 6.45) is -0.326. The molecular formula is C11H11N3O7S. The van der Waals surface area contributed by atoms with Crippen LogP contribution in [0.25, 0.3) is 0 Å². The Kier molecular flexibility index (Phi) is 3.85. The van der Waals surface area contributed by atoms with Crippen LogP contribution in [0.4, 0.5) is 11.4 Å². The highest BCUT2D eigenvalue weighted by atomic mass is 32.2. The molecule has 0 aromatic heterocycles. The van der Waals surface area contributed by atoms with Crippen molar-refractivity contribution in [2.45, 2.75) is 11.7 Å². The van der Waals surface area contributed by atoms with Crippen molar-refractivity contribution in [1.82, 2.24) is 0 Å². The van der Waals surface area contributed by atoms with Crippen molar-refractivity contribution in [2.24, 2.45) is 5.14 Å². The SMILES string of the molecule is NS(=O)(=O)C1CC(=O)N(c2ccc(C(=O)O)c([N+](=O)[O-])c2)C1. The average Bonchev–Trinajstić information content (AvgIpc) is 2.80. The van der Waals surface area contributed by atoms with Gasteiger partial charge in [0, 0.05) is 19.0 Å². The van der Waals surface area contributed by atoms with Crippen LogP contribution in [0.3, 0.4) is 0 Å². The number of carbonyl (C=O) groups is 2. The van der Waals surface area contributed by atoms with Gasteiger partial charge in [-0.3, -0.25) is 14.9 Å². The van der Waals surface area contributed by atoms with Crippen molar-refractivity contribution in [2.75, 3.05) is 11.4 Å². The third-order valence-electron chi connectivity index (χ3n) is 3.27. The maximum absolute atomic E-state index is 11.9. The number of rotatable bonds is 4. The average molecular weight is 329 g/mol. The smallest absolute Gasteiger partial charge is 0.342 e. The lowest BCUT2D eigenvalue weighted by Gasteiger charge is -2.16. The van der Waals surface area contributed by atoms with Crippen molar-refractivity contribution in [3.63, 3.8) is 0 Å². The molecule has 0 bridgehead atoms. The van der Waals surface area contributed by atoms with Crippen LogP contribution >= 0.6 is 0 Å². The number of benzene rings is 1. The third-order valence-corrected chi connectivity index (χ3v) is 4.52. The Labute approximate surface area is 124 Å². The molecule has 0 spiro atoms. The normalized spacial score (nSPS) is 18.5. The van der Waals surface area contributed by atoms with E-state index in [0.29, 0.717) is 0 Å². The van der Waals surface area contributed by atoms with Crippen LogP contribution in [-0.2, 0) is 14.8 Å². The van der Waals surface area contributed by atoms with Crippen molar-refractivity contribution in [3.05, 3.63) is 33.9 Å². The van der Waals surface area contributed by atoms with Gasteiger partial charge in [-0.25, -0.2) is 18.4 Å². The number of carboxylic acids is 1. The van der Waals surface area contributed by atoms with Gasteiger partial charge >= 0.3 is 5.97 Å². The summed E-state index contributed by atoms with van der Waals surface area (Å²) in [6, 6.07) is 3.13. The van der Waals surface area contributed by atoms with E-state index >= 15 is 0 Å². The van der Waals surface area contributed by atoms with E-state index in [1.54, 1.807) is 0 Å². The number of carboxylic acid groups (broad SMARTS) is 1. The quantitative estimate of drug-likeness (QED) is 0.565. The largest absolute Gasteiger partial charge is 0.477 e. The van der Waals surface area contributed by atoms with Crippen molar-refractivity contribution < 1.29 is 28.0 Å². The standard InChI is InChI=1S/C11H11N3O7S/c12-22(20,21)7-4-10(15)13(5-7)6-1-2-8(11(16)17)9(3-6)14(18)19/h1-3,7H,4-5H2,(H,16,17)(H2,12,20,21). The minimum Gasteiger partial charge on any atom is -0.477 e. The number of anilines is 1. The molecule has 1 heterocycles. The lowest BCUT2D eigenvalue weighted by molar-refractivity contribution is -0.385. The van der Waals surface area contributed by atoms with E-state index in [1.165, 1.54) is 6.07 Å².